The lowest BCUT2D eigenvalue weighted by atomic mass is 9.88. The fourth-order valence-electron chi connectivity index (χ4n) is 3.74. The van der Waals surface area contributed by atoms with Crippen molar-refractivity contribution in [3.05, 3.63) is 65.7 Å². The van der Waals surface area contributed by atoms with Gasteiger partial charge in [0.1, 0.15) is 8.07 Å². The summed E-state index contributed by atoms with van der Waals surface area (Å²) in [6.45, 7) is 8.91. The monoisotopic (exact) mass is 340 g/mol. The second kappa shape index (κ2) is 6.83. The summed E-state index contributed by atoms with van der Waals surface area (Å²) in [5, 5.41) is 12.1. The van der Waals surface area contributed by atoms with Gasteiger partial charge in [0.15, 0.2) is 0 Å². The first-order chi connectivity index (χ1) is 11.4. The summed E-state index contributed by atoms with van der Waals surface area (Å²) in [5.41, 5.74) is 2.54. The maximum absolute atomic E-state index is 10.7. The minimum Gasteiger partial charge on any atom is -0.393 e. The Morgan fingerprint density at radius 3 is 2.42 bits per heavy atom. The van der Waals surface area contributed by atoms with E-state index in [1.807, 2.05) is 0 Å². The van der Waals surface area contributed by atoms with Gasteiger partial charge < -0.3 is 9.84 Å². The van der Waals surface area contributed by atoms with Crippen LogP contribution in [0.25, 0.3) is 0 Å². The van der Waals surface area contributed by atoms with Crippen LogP contribution in [0.15, 0.2) is 54.6 Å². The van der Waals surface area contributed by atoms with Crippen LogP contribution in [0, 0.1) is 12.8 Å². The standard InChI is InChI=1S/C21H28O2Si/c1-15-9-8-10-17(13-15)21-16(2)19(22)14-20(23-21)24(3,4)18-11-6-5-7-12-18/h5-13,16,19-22H,14H2,1-4H3/t16-,19-,20+,21+/m1/s1. The van der Waals surface area contributed by atoms with Crippen molar-refractivity contribution in [3.63, 3.8) is 0 Å². The normalized spacial score (nSPS) is 27.9. The molecule has 1 heterocycles. The first kappa shape index (κ1) is 17.4. The van der Waals surface area contributed by atoms with Crippen LogP contribution in [0.5, 0.6) is 0 Å². The number of aliphatic hydroxyl groups excluding tert-OH is 1. The van der Waals surface area contributed by atoms with Crippen molar-refractivity contribution in [3.8, 4) is 0 Å². The van der Waals surface area contributed by atoms with Gasteiger partial charge in [-0.05, 0) is 18.9 Å². The second-order valence-electron chi connectivity index (χ2n) is 7.71. The van der Waals surface area contributed by atoms with E-state index < -0.39 is 8.07 Å². The van der Waals surface area contributed by atoms with Crippen molar-refractivity contribution in [1.82, 2.24) is 0 Å². The molecule has 3 rings (SSSR count). The Morgan fingerprint density at radius 2 is 1.75 bits per heavy atom. The molecular formula is C21H28O2Si. The molecule has 0 spiro atoms. The Morgan fingerprint density at radius 1 is 1.04 bits per heavy atom. The Hall–Kier alpha value is -1.42. The number of hydrogen-bond acceptors (Lipinski definition) is 2. The summed E-state index contributed by atoms with van der Waals surface area (Å²) >= 11 is 0. The smallest absolute Gasteiger partial charge is 0.113 e. The lowest BCUT2D eigenvalue weighted by molar-refractivity contribution is -0.108. The van der Waals surface area contributed by atoms with E-state index in [2.05, 4.69) is 81.5 Å². The Labute approximate surface area is 146 Å². The van der Waals surface area contributed by atoms with E-state index in [0.29, 0.717) is 0 Å². The fourth-order valence-corrected chi connectivity index (χ4v) is 6.48. The Bertz CT molecular complexity index is 683. The van der Waals surface area contributed by atoms with Crippen molar-refractivity contribution in [2.45, 2.75) is 51.3 Å². The zero-order valence-corrected chi connectivity index (χ0v) is 16.1. The zero-order chi connectivity index (χ0) is 17.3. The molecule has 3 heteroatoms. The first-order valence-electron chi connectivity index (χ1n) is 8.85. The molecule has 0 unspecified atom stereocenters. The largest absolute Gasteiger partial charge is 0.393 e. The van der Waals surface area contributed by atoms with E-state index in [-0.39, 0.29) is 23.9 Å². The van der Waals surface area contributed by atoms with Crippen LogP contribution in [0.3, 0.4) is 0 Å². The van der Waals surface area contributed by atoms with E-state index in [0.717, 1.165) is 6.42 Å². The molecule has 0 aromatic heterocycles. The predicted molar refractivity (Wildman–Crippen MR) is 102 cm³/mol. The molecule has 2 nitrogen and oxygen atoms in total. The summed E-state index contributed by atoms with van der Waals surface area (Å²) in [6.07, 6.45) is 0.385. The highest BCUT2D eigenvalue weighted by Gasteiger charge is 2.44. The molecule has 1 aliphatic rings. The van der Waals surface area contributed by atoms with E-state index in [1.165, 1.54) is 16.3 Å². The number of hydrogen-bond donors (Lipinski definition) is 1. The van der Waals surface area contributed by atoms with Crippen molar-refractivity contribution in [2.24, 2.45) is 5.92 Å². The molecule has 1 N–H and O–H groups in total. The van der Waals surface area contributed by atoms with Crippen LogP contribution >= 0.6 is 0 Å². The summed E-state index contributed by atoms with van der Waals surface area (Å²) in [6, 6.07) is 19.2. The van der Waals surface area contributed by atoms with E-state index in [9.17, 15) is 5.11 Å². The SMILES string of the molecule is Cc1cccc([C@H]2O[C@@H]([Si](C)(C)c3ccccc3)C[C@@H](O)[C@H]2C)c1. The topological polar surface area (TPSA) is 29.5 Å². The molecule has 0 radical (unpaired) electrons. The highest BCUT2D eigenvalue weighted by molar-refractivity contribution is 6.90. The summed E-state index contributed by atoms with van der Waals surface area (Å²) < 4.78 is 6.63. The number of aryl methyl sites for hydroxylation is 1. The maximum atomic E-state index is 10.7. The van der Waals surface area contributed by atoms with Crippen LogP contribution in [-0.2, 0) is 4.74 Å². The number of ether oxygens (including phenoxy) is 1. The molecular weight excluding hydrogens is 312 g/mol. The molecule has 128 valence electrons. The van der Waals surface area contributed by atoms with Crippen LogP contribution in [0.1, 0.15) is 30.6 Å². The van der Waals surface area contributed by atoms with Crippen LogP contribution in [-0.4, -0.2) is 25.0 Å². The highest BCUT2D eigenvalue weighted by atomic mass is 28.3. The van der Waals surface area contributed by atoms with Gasteiger partial charge in [-0.3, -0.25) is 0 Å². The van der Waals surface area contributed by atoms with Gasteiger partial charge in [0.25, 0.3) is 0 Å². The zero-order valence-electron chi connectivity index (χ0n) is 15.1. The van der Waals surface area contributed by atoms with Crippen LogP contribution in [0.4, 0.5) is 0 Å². The van der Waals surface area contributed by atoms with Crippen LogP contribution in [0.2, 0.25) is 13.1 Å². The van der Waals surface area contributed by atoms with Gasteiger partial charge in [-0.2, -0.15) is 0 Å². The molecule has 1 saturated heterocycles. The van der Waals surface area contributed by atoms with Gasteiger partial charge in [-0.25, -0.2) is 0 Å². The Kier molecular flexibility index (Phi) is 4.95. The van der Waals surface area contributed by atoms with Gasteiger partial charge in [-0.15, -0.1) is 0 Å². The summed E-state index contributed by atoms with van der Waals surface area (Å²) in [5.74, 6) is 0.114. The van der Waals surface area contributed by atoms with Gasteiger partial charge in [0.2, 0.25) is 0 Å². The molecule has 1 aliphatic heterocycles. The van der Waals surface area contributed by atoms with Crippen molar-refractivity contribution >= 4 is 13.3 Å². The predicted octanol–water partition coefficient (Wildman–Crippen LogP) is 3.98. The minimum atomic E-state index is -1.82. The third-order valence-corrected chi connectivity index (χ3v) is 9.35. The second-order valence-corrected chi connectivity index (χ2v) is 12.4. The molecule has 2 aromatic carbocycles. The fraction of sp³-hybridized carbons (Fsp3) is 0.429. The van der Waals surface area contributed by atoms with Gasteiger partial charge >= 0.3 is 0 Å². The van der Waals surface area contributed by atoms with Crippen LogP contribution < -0.4 is 5.19 Å². The minimum absolute atomic E-state index is 0.0332. The maximum Gasteiger partial charge on any atom is 0.113 e. The lowest BCUT2D eigenvalue weighted by Gasteiger charge is -2.44. The highest BCUT2D eigenvalue weighted by Crippen LogP contribution is 2.39. The molecule has 0 saturated carbocycles. The molecule has 0 bridgehead atoms. The quantitative estimate of drug-likeness (QED) is 0.857. The van der Waals surface area contributed by atoms with E-state index in [1.54, 1.807) is 0 Å². The number of rotatable bonds is 3. The Balaban J connectivity index is 1.91. The number of aliphatic hydroxyl groups is 1. The summed E-state index contributed by atoms with van der Waals surface area (Å²) in [4.78, 5) is 0. The molecule has 2 aromatic rings. The summed E-state index contributed by atoms with van der Waals surface area (Å²) in [7, 11) is -1.82. The van der Waals surface area contributed by atoms with Gasteiger partial charge in [0.05, 0.1) is 17.9 Å². The van der Waals surface area contributed by atoms with Crippen molar-refractivity contribution < 1.29 is 9.84 Å². The molecule has 1 fully saturated rings. The molecule has 4 atom stereocenters. The third-order valence-electron chi connectivity index (χ3n) is 5.54. The third kappa shape index (κ3) is 3.34. The van der Waals surface area contributed by atoms with Gasteiger partial charge in [0, 0.05) is 5.92 Å². The average Bonchev–Trinajstić information content (AvgIpc) is 2.58. The number of benzene rings is 2. The average molecular weight is 341 g/mol. The van der Waals surface area contributed by atoms with E-state index >= 15 is 0 Å². The molecule has 24 heavy (non-hydrogen) atoms. The molecule has 0 aliphatic carbocycles. The molecule has 0 amide bonds. The lowest BCUT2D eigenvalue weighted by Crippen LogP contribution is -2.58. The van der Waals surface area contributed by atoms with Crippen molar-refractivity contribution in [2.75, 3.05) is 0 Å². The van der Waals surface area contributed by atoms with Gasteiger partial charge in [-0.1, -0.05) is 85.4 Å². The van der Waals surface area contributed by atoms with Crippen molar-refractivity contribution in [1.29, 1.82) is 0 Å². The first-order valence-corrected chi connectivity index (χ1v) is 11.9. The van der Waals surface area contributed by atoms with E-state index in [4.69, 9.17) is 4.74 Å².